The number of aliphatic hydroxyl groups excluding tert-OH is 3. The predicted octanol–water partition coefficient (Wildman–Crippen LogP) is -0.536. The van der Waals surface area contributed by atoms with E-state index in [0.717, 1.165) is 11.1 Å². The molecule has 1 fully saturated rings. The number of nitrogens with one attached hydrogen (secondary N) is 1. The van der Waals surface area contributed by atoms with Gasteiger partial charge in [-0.2, -0.15) is 0 Å². The Morgan fingerprint density at radius 2 is 2.00 bits per heavy atom. The maximum Gasteiger partial charge on any atom is 0.136 e. The van der Waals surface area contributed by atoms with Crippen molar-refractivity contribution >= 4 is 5.69 Å². The van der Waals surface area contributed by atoms with Crippen molar-refractivity contribution in [3.05, 3.63) is 29.3 Å². The van der Waals surface area contributed by atoms with Gasteiger partial charge < -0.3 is 21.1 Å². The molecule has 0 radical (unpaired) electrons. The number of hydrogen-bond donors (Lipinski definition) is 5. The van der Waals surface area contributed by atoms with E-state index in [0.29, 0.717) is 25.1 Å². The number of nitrogen functional groups attached to an aromatic ring is 1. The van der Waals surface area contributed by atoms with Crippen LogP contribution in [0.1, 0.15) is 30.2 Å². The van der Waals surface area contributed by atoms with E-state index in [1.807, 2.05) is 17.0 Å². The molecule has 6 heteroatoms. The second-order valence-electron chi connectivity index (χ2n) is 5.24. The maximum atomic E-state index is 10.4. The van der Waals surface area contributed by atoms with Crippen LogP contribution in [-0.4, -0.2) is 38.7 Å². The fourth-order valence-electron chi connectivity index (χ4n) is 3.06. The number of anilines is 1. The summed E-state index contributed by atoms with van der Waals surface area (Å²) in [4.78, 5) is 1.82. The Labute approximate surface area is 111 Å². The summed E-state index contributed by atoms with van der Waals surface area (Å²) in [5.41, 5.74) is 8.21. The largest absolute Gasteiger partial charge is 0.398 e. The first-order chi connectivity index (χ1) is 9.08. The number of aliphatic hydroxyl groups is 3. The lowest BCUT2D eigenvalue weighted by atomic mass is 10.0. The van der Waals surface area contributed by atoms with Gasteiger partial charge in [-0.1, -0.05) is 12.1 Å². The number of benzene rings is 1. The zero-order chi connectivity index (χ0) is 13.6. The number of nitrogens with two attached hydrogens (primary N) is 1. The van der Waals surface area contributed by atoms with Gasteiger partial charge in [-0.3, -0.25) is 10.2 Å². The van der Waals surface area contributed by atoms with Crippen LogP contribution < -0.4 is 11.1 Å². The molecule has 6 N–H and O–H groups in total. The summed E-state index contributed by atoms with van der Waals surface area (Å²) in [5, 5.41) is 32.6. The second kappa shape index (κ2) is 4.73. The molecule has 3 rings (SSSR count). The molecule has 2 heterocycles. The van der Waals surface area contributed by atoms with Gasteiger partial charge in [-0.05, 0) is 24.5 Å². The third-order valence-electron chi connectivity index (χ3n) is 4.04. The molecule has 0 amide bonds. The highest BCUT2D eigenvalue weighted by atomic mass is 16.3. The van der Waals surface area contributed by atoms with E-state index in [2.05, 4.69) is 5.32 Å². The maximum absolute atomic E-state index is 10.4. The van der Waals surface area contributed by atoms with E-state index in [1.165, 1.54) is 0 Å². The number of nitrogens with zero attached hydrogens (tertiary/aromatic N) is 1. The zero-order valence-corrected chi connectivity index (χ0v) is 10.5. The van der Waals surface area contributed by atoms with Gasteiger partial charge >= 0.3 is 0 Å². The van der Waals surface area contributed by atoms with E-state index < -0.39 is 18.7 Å². The zero-order valence-electron chi connectivity index (χ0n) is 10.5. The van der Waals surface area contributed by atoms with E-state index in [4.69, 9.17) is 5.73 Å². The molecule has 19 heavy (non-hydrogen) atoms. The molecule has 6 nitrogen and oxygen atoms in total. The average molecular weight is 265 g/mol. The highest BCUT2D eigenvalue weighted by Gasteiger charge is 2.40. The third-order valence-corrected chi connectivity index (χ3v) is 4.04. The van der Waals surface area contributed by atoms with Gasteiger partial charge in [0.05, 0.1) is 6.04 Å². The Bertz CT molecular complexity index is 482. The molecule has 1 aromatic rings. The Hall–Kier alpha value is -1.18. The average Bonchev–Trinajstić information content (AvgIpc) is 2.68. The number of hydrogen-bond acceptors (Lipinski definition) is 6. The summed E-state index contributed by atoms with van der Waals surface area (Å²) in [6.07, 6.45) is -1.16. The molecule has 4 unspecified atom stereocenters. The Kier molecular flexibility index (Phi) is 3.20. The van der Waals surface area contributed by atoms with Crippen molar-refractivity contribution in [1.82, 2.24) is 10.2 Å². The van der Waals surface area contributed by atoms with Crippen molar-refractivity contribution in [1.29, 1.82) is 0 Å². The van der Waals surface area contributed by atoms with Crippen LogP contribution in [0, 0.1) is 0 Å². The fourth-order valence-corrected chi connectivity index (χ4v) is 3.06. The van der Waals surface area contributed by atoms with Crippen molar-refractivity contribution in [3.63, 3.8) is 0 Å². The van der Waals surface area contributed by atoms with Gasteiger partial charge in [0, 0.05) is 17.8 Å². The SMILES string of the molecule is Nc1cccc2c1C(O)N(C1CCC(O)NC1O)C2. The second-order valence-corrected chi connectivity index (χ2v) is 5.24. The number of piperidine rings is 1. The molecule has 0 aliphatic carbocycles. The molecule has 0 saturated carbocycles. The van der Waals surface area contributed by atoms with Gasteiger partial charge in [0.15, 0.2) is 0 Å². The fraction of sp³-hybridized carbons (Fsp3) is 0.538. The standard InChI is InChI=1S/C13H19N3O3/c14-8-3-1-2-7-6-16(13(19)11(7)8)9-4-5-10(17)15-12(9)18/h1-3,9-10,12-13,15,17-19H,4-6,14H2. The molecule has 104 valence electrons. The number of rotatable bonds is 1. The van der Waals surface area contributed by atoms with Crippen LogP contribution in [0.3, 0.4) is 0 Å². The summed E-state index contributed by atoms with van der Waals surface area (Å²) in [7, 11) is 0. The van der Waals surface area contributed by atoms with E-state index in [1.54, 1.807) is 6.07 Å². The molecular weight excluding hydrogens is 246 g/mol. The molecule has 0 aromatic heterocycles. The normalized spacial score (nSPS) is 35.3. The molecule has 2 aliphatic heterocycles. The lowest BCUT2D eigenvalue weighted by Crippen LogP contribution is -2.56. The molecule has 2 aliphatic rings. The van der Waals surface area contributed by atoms with Gasteiger partial charge in [0.2, 0.25) is 0 Å². The first kappa shape index (κ1) is 12.8. The molecule has 0 bridgehead atoms. The highest BCUT2D eigenvalue weighted by Crippen LogP contribution is 2.38. The van der Waals surface area contributed by atoms with E-state index >= 15 is 0 Å². The van der Waals surface area contributed by atoms with Crippen LogP contribution in [0.25, 0.3) is 0 Å². The highest BCUT2D eigenvalue weighted by molar-refractivity contribution is 5.53. The Morgan fingerprint density at radius 1 is 1.21 bits per heavy atom. The Morgan fingerprint density at radius 3 is 2.68 bits per heavy atom. The lowest BCUT2D eigenvalue weighted by Gasteiger charge is -2.39. The van der Waals surface area contributed by atoms with Crippen molar-refractivity contribution in [2.24, 2.45) is 0 Å². The van der Waals surface area contributed by atoms with Gasteiger partial charge in [0.1, 0.15) is 18.7 Å². The predicted molar refractivity (Wildman–Crippen MR) is 69.5 cm³/mol. The third kappa shape index (κ3) is 2.11. The minimum absolute atomic E-state index is 0.231. The summed E-state index contributed by atoms with van der Waals surface area (Å²) in [6.45, 7) is 0.557. The molecule has 1 aromatic carbocycles. The van der Waals surface area contributed by atoms with Crippen LogP contribution in [0.5, 0.6) is 0 Å². The minimum Gasteiger partial charge on any atom is -0.398 e. The van der Waals surface area contributed by atoms with Crippen molar-refractivity contribution in [2.75, 3.05) is 5.73 Å². The molecule has 4 atom stereocenters. The lowest BCUT2D eigenvalue weighted by molar-refractivity contribution is -0.104. The van der Waals surface area contributed by atoms with Crippen molar-refractivity contribution < 1.29 is 15.3 Å². The van der Waals surface area contributed by atoms with Crippen LogP contribution in [0.2, 0.25) is 0 Å². The summed E-state index contributed by atoms with van der Waals surface area (Å²) in [6, 6.07) is 5.34. The molecule has 0 spiro atoms. The van der Waals surface area contributed by atoms with Gasteiger partial charge in [-0.15, -0.1) is 0 Å². The van der Waals surface area contributed by atoms with Crippen LogP contribution in [0.15, 0.2) is 18.2 Å². The molecular formula is C13H19N3O3. The van der Waals surface area contributed by atoms with E-state index in [-0.39, 0.29) is 6.04 Å². The molecule has 1 saturated heterocycles. The van der Waals surface area contributed by atoms with Crippen molar-refractivity contribution in [3.8, 4) is 0 Å². The first-order valence-corrected chi connectivity index (χ1v) is 6.51. The minimum atomic E-state index is -0.853. The summed E-state index contributed by atoms with van der Waals surface area (Å²) in [5.74, 6) is 0. The number of fused-ring (bicyclic) bond motifs is 1. The quantitative estimate of drug-likeness (QED) is 0.437. The van der Waals surface area contributed by atoms with Crippen molar-refractivity contribution in [2.45, 2.75) is 44.1 Å². The Balaban J connectivity index is 1.84. The monoisotopic (exact) mass is 265 g/mol. The summed E-state index contributed by atoms with van der Waals surface area (Å²) >= 11 is 0. The van der Waals surface area contributed by atoms with Crippen LogP contribution in [-0.2, 0) is 6.54 Å². The van der Waals surface area contributed by atoms with Gasteiger partial charge in [-0.25, -0.2) is 0 Å². The van der Waals surface area contributed by atoms with E-state index in [9.17, 15) is 15.3 Å². The van der Waals surface area contributed by atoms with Gasteiger partial charge in [0.25, 0.3) is 0 Å². The smallest absolute Gasteiger partial charge is 0.136 e. The van der Waals surface area contributed by atoms with Crippen LogP contribution >= 0.6 is 0 Å². The first-order valence-electron chi connectivity index (χ1n) is 6.51. The summed E-state index contributed by atoms with van der Waals surface area (Å²) < 4.78 is 0. The topological polar surface area (TPSA) is 102 Å². The van der Waals surface area contributed by atoms with Crippen LogP contribution in [0.4, 0.5) is 5.69 Å².